The van der Waals surface area contributed by atoms with Crippen LogP contribution in [0.2, 0.25) is 0 Å². The molecule has 1 aromatic carbocycles. The van der Waals surface area contributed by atoms with Gasteiger partial charge in [0.1, 0.15) is 0 Å². The molecule has 2 aliphatic heterocycles. The summed E-state index contributed by atoms with van der Waals surface area (Å²) in [6, 6.07) is 9.87. The maximum absolute atomic E-state index is 12.6. The van der Waals surface area contributed by atoms with E-state index in [-0.39, 0.29) is 11.9 Å². The second-order valence-corrected chi connectivity index (χ2v) is 6.93. The highest BCUT2D eigenvalue weighted by Gasteiger charge is 2.18. The van der Waals surface area contributed by atoms with E-state index >= 15 is 0 Å². The van der Waals surface area contributed by atoms with E-state index in [0.717, 1.165) is 42.9 Å². The molecule has 136 valence electrons. The number of carbonyl (C=O) groups excluding carboxylic acids is 1. The minimum absolute atomic E-state index is 0.0394. The zero-order valence-corrected chi connectivity index (χ0v) is 14.9. The summed E-state index contributed by atoms with van der Waals surface area (Å²) in [7, 11) is 0. The van der Waals surface area contributed by atoms with Crippen molar-refractivity contribution in [1.29, 1.82) is 0 Å². The minimum Gasteiger partial charge on any atom is -0.381 e. The molecule has 4 rings (SSSR count). The van der Waals surface area contributed by atoms with Crippen LogP contribution in [0, 0.1) is 0 Å². The van der Waals surface area contributed by atoms with Gasteiger partial charge < -0.3 is 15.0 Å². The predicted octanol–water partition coefficient (Wildman–Crippen LogP) is 2.65. The van der Waals surface area contributed by atoms with Crippen molar-refractivity contribution in [2.24, 2.45) is 0 Å². The molecule has 1 amide bonds. The maximum atomic E-state index is 12.6. The fourth-order valence-electron chi connectivity index (χ4n) is 3.58. The second kappa shape index (κ2) is 7.83. The van der Waals surface area contributed by atoms with E-state index in [9.17, 15) is 4.79 Å². The Kier molecular flexibility index (Phi) is 5.11. The Morgan fingerprint density at radius 2 is 1.96 bits per heavy atom. The van der Waals surface area contributed by atoms with Crippen LogP contribution in [-0.4, -0.2) is 48.4 Å². The van der Waals surface area contributed by atoms with E-state index in [2.05, 4.69) is 26.5 Å². The van der Waals surface area contributed by atoms with Gasteiger partial charge in [0.2, 0.25) is 0 Å². The molecule has 0 atom stereocenters. The predicted molar refractivity (Wildman–Crippen MR) is 100 cm³/mol. The summed E-state index contributed by atoms with van der Waals surface area (Å²) in [6.07, 6.45) is 6.00. The molecule has 0 bridgehead atoms. The lowest BCUT2D eigenvalue weighted by atomic mass is 10.1. The van der Waals surface area contributed by atoms with Crippen molar-refractivity contribution in [3.05, 3.63) is 42.1 Å². The van der Waals surface area contributed by atoms with Gasteiger partial charge in [-0.3, -0.25) is 4.79 Å². The highest BCUT2D eigenvalue weighted by Crippen LogP contribution is 2.25. The van der Waals surface area contributed by atoms with Gasteiger partial charge in [0, 0.05) is 43.5 Å². The van der Waals surface area contributed by atoms with Crippen molar-refractivity contribution < 1.29 is 9.53 Å². The topological polar surface area (TPSA) is 67.3 Å². The monoisotopic (exact) mass is 352 g/mol. The van der Waals surface area contributed by atoms with Gasteiger partial charge in [0.05, 0.1) is 17.6 Å². The summed E-state index contributed by atoms with van der Waals surface area (Å²) in [5.74, 6) is -0.0394. The molecule has 2 fully saturated rings. The van der Waals surface area contributed by atoms with Crippen molar-refractivity contribution in [1.82, 2.24) is 15.5 Å². The molecule has 0 unspecified atom stereocenters. The third-order valence-corrected chi connectivity index (χ3v) is 5.09. The number of ether oxygens (including phenoxy) is 1. The zero-order valence-electron chi connectivity index (χ0n) is 14.9. The first-order valence-corrected chi connectivity index (χ1v) is 9.36. The molecule has 26 heavy (non-hydrogen) atoms. The van der Waals surface area contributed by atoms with Gasteiger partial charge in [-0.1, -0.05) is 12.1 Å². The van der Waals surface area contributed by atoms with Crippen LogP contribution in [0.4, 0.5) is 5.69 Å². The van der Waals surface area contributed by atoms with Gasteiger partial charge in [-0.15, -0.1) is 0 Å². The van der Waals surface area contributed by atoms with Crippen molar-refractivity contribution in [2.75, 3.05) is 31.2 Å². The molecule has 0 spiro atoms. The summed E-state index contributed by atoms with van der Waals surface area (Å²) in [5.41, 5.74) is 3.47. The van der Waals surface area contributed by atoms with E-state index in [4.69, 9.17) is 4.74 Å². The number of nitrogens with one attached hydrogen (secondary N) is 1. The fourth-order valence-corrected chi connectivity index (χ4v) is 3.58. The van der Waals surface area contributed by atoms with E-state index in [1.807, 2.05) is 30.5 Å². The molecule has 6 nitrogen and oxygen atoms in total. The molecular formula is C20H24N4O2. The molecule has 0 saturated carbocycles. The van der Waals surface area contributed by atoms with Gasteiger partial charge in [-0.05, 0) is 43.9 Å². The zero-order chi connectivity index (χ0) is 17.8. The Hall–Kier alpha value is -2.47. The lowest BCUT2D eigenvalue weighted by molar-refractivity contribution is 0.0696. The number of aromatic nitrogens is 2. The number of anilines is 1. The van der Waals surface area contributed by atoms with Crippen molar-refractivity contribution in [3.8, 4) is 11.3 Å². The molecule has 2 aromatic rings. The minimum atomic E-state index is -0.0394. The first-order chi connectivity index (χ1) is 12.8. The lowest BCUT2D eigenvalue weighted by Crippen LogP contribution is -2.38. The van der Waals surface area contributed by atoms with E-state index in [1.165, 1.54) is 12.8 Å². The third-order valence-electron chi connectivity index (χ3n) is 5.09. The lowest BCUT2D eigenvalue weighted by Gasteiger charge is -2.23. The molecule has 1 N–H and O–H groups in total. The first kappa shape index (κ1) is 17.0. The van der Waals surface area contributed by atoms with Crippen molar-refractivity contribution in [2.45, 2.75) is 31.7 Å². The van der Waals surface area contributed by atoms with Crippen LogP contribution in [0.5, 0.6) is 0 Å². The van der Waals surface area contributed by atoms with Crippen molar-refractivity contribution >= 4 is 11.6 Å². The number of hydrogen-bond acceptors (Lipinski definition) is 5. The highest BCUT2D eigenvalue weighted by molar-refractivity contribution is 5.95. The summed E-state index contributed by atoms with van der Waals surface area (Å²) >= 11 is 0. The summed E-state index contributed by atoms with van der Waals surface area (Å²) in [6.45, 7) is 3.56. The highest BCUT2D eigenvalue weighted by atomic mass is 16.5. The van der Waals surface area contributed by atoms with Gasteiger partial charge in [-0.2, -0.15) is 10.2 Å². The molecule has 0 radical (unpaired) electrons. The smallest absolute Gasteiger partial charge is 0.251 e. The standard InChI is InChI=1S/C20H24N4O2/c25-20(22-17-6-10-26-11-7-17)16-5-3-4-15(12-16)19-13-18(14-21-23-19)24-8-1-2-9-24/h3-5,12-14,17H,1-2,6-11H2,(H,22,25). The molecule has 0 aliphatic carbocycles. The van der Waals surface area contributed by atoms with Crippen LogP contribution >= 0.6 is 0 Å². The Labute approximate surface area is 153 Å². The van der Waals surface area contributed by atoms with Crippen LogP contribution in [-0.2, 0) is 4.74 Å². The fraction of sp³-hybridized carbons (Fsp3) is 0.450. The third kappa shape index (κ3) is 3.85. The number of benzene rings is 1. The quantitative estimate of drug-likeness (QED) is 0.916. The van der Waals surface area contributed by atoms with Gasteiger partial charge in [0.25, 0.3) is 5.91 Å². The number of nitrogens with zero attached hydrogens (tertiary/aromatic N) is 3. The largest absolute Gasteiger partial charge is 0.381 e. The van der Waals surface area contributed by atoms with E-state index in [1.54, 1.807) is 0 Å². The van der Waals surface area contributed by atoms with E-state index < -0.39 is 0 Å². The number of amides is 1. The second-order valence-electron chi connectivity index (χ2n) is 6.93. The molecule has 1 aromatic heterocycles. The number of hydrogen-bond donors (Lipinski definition) is 1. The Morgan fingerprint density at radius 3 is 2.77 bits per heavy atom. The molecular weight excluding hydrogens is 328 g/mol. The van der Waals surface area contributed by atoms with Crippen molar-refractivity contribution in [3.63, 3.8) is 0 Å². The average Bonchev–Trinajstić information content (AvgIpc) is 3.24. The summed E-state index contributed by atoms with van der Waals surface area (Å²) in [4.78, 5) is 14.9. The number of carbonyl (C=O) groups is 1. The van der Waals surface area contributed by atoms with Crippen LogP contribution < -0.4 is 10.2 Å². The normalized spacial score (nSPS) is 18.1. The average molecular weight is 352 g/mol. The number of rotatable bonds is 4. The van der Waals surface area contributed by atoms with Crippen LogP contribution in [0.3, 0.4) is 0 Å². The van der Waals surface area contributed by atoms with Crippen LogP contribution in [0.15, 0.2) is 36.5 Å². The maximum Gasteiger partial charge on any atom is 0.251 e. The Bertz CT molecular complexity index is 768. The summed E-state index contributed by atoms with van der Waals surface area (Å²) < 4.78 is 5.35. The van der Waals surface area contributed by atoms with Gasteiger partial charge in [0.15, 0.2) is 0 Å². The van der Waals surface area contributed by atoms with Gasteiger partial charge in [-0.25, -0.2) is 0 Å². The SMILES string of the molecule is O=C(NC1CCOCC1)c1cccc(-c2cc(N3CCCC3)cnn2)c1. The van der Waals surface area contributed by atoms with Gasteiger partial charge >= 0.3 is 0 Å². The molecule has 6 heteroatoms. The van der Waals surface area contributed by atoms with Crippen LogP contribution in [0.25, 0.3) is 11.3 Å². The molecule has 2 saturated heterocycles. The Morgan fingerprint density at radius 1 is 1.15 bits per heavy atom. The molecule has 2 aliphatic rings. The summed E-state index contributed by atoms with van der Waals surface area (Å²) in [5, 5.41) is 11.5. The van der Waals surface area contributed by atoms with Crippen LogP contribution in [0.1, 0.15) is 36.0 Å². The first-order valence-electron chi connectivity index (χ1n) is 9.36. The Balaban J connectivity index is 1.51. The van der Waals surface area contributed by atoms with E-state index in [0.29, 0.717) is 18.8 Å². The molecule has 3 heterocycles.